The molecule has 1 heterocycles. The minimum atomic E-state index is -0.964. The molecule has 8 nitrogen and oxygen atoms in total. The van der Waals surface area contributed by atoms with Gasteiger partial charge in [-0.25, -0.2) is 9.18 Å². The number of nitrogens with one attached hydrogen (secondary N) is 2. The molecule has 2 bridgehead atoms. The topological polar surface area (TPSA) is 112 Å². The van der Waals surface area contributed by atoms with Crippen molar-refractivity contribution in [3.8, 4) is 17.2 Å². The quantitative estimate of drug-likeness (QED) is 0.540. The van der Waals surface area contributed by atoms with Gasteiger partial charge in [-0.2, -0.15) is 5.26 Å². The zero-order valence-corrected chi connectivity index (χ0v) is 22.8. The van der Waals surface area contributed by atoms with Crippen LogP contribution in [0.3, 0.4) is 0 Å². The largest absolute Gasteiger partial charge is 0.444 e. The number of nitriles is 1. The molecule has 0 radical (unpaired) electrons. The number of likely N-dealkylation sites (tertiary alicyclic amines) is 1. The molecular formula is C30H35FN4O4. The Morgan fingerprint density at radius 3 is 2.44 bits per heavy atom. The molecule has 3 amide bonds. The lowest BCUT2D eigenvalue weighted by molar-refractivity contribution is -0.128. The third-order valence-corrected chi connectivity index (χ3v) is 7.23. The van der Waals surface area contributed by atoms with Crippen LogP contribution in [0.4, 0.5) is 9.18 Å². The highest BCUT2D eigenvalue weighted by Crippen LogP contribution is 2.43. The maximum atomic E-state index is 15.1. The van der Waals surface area contributed by atoms with Gasteiger partial charge >= 0.3 is 6.09 Å². The van der Waals surface area contributed by atoms with Crippen LogP contribution in [0.2, 0.25) is 0 Å². The number of carbonyl (C=O) groups excluding carboxylic acids is 3. The van der Waals surface area contributed by atoms with Crippen LogP contribution in [0.25, 0.3) is 11.1 Å². The van der Waals surface area contributed by atoms with Gasteiger partial charge in [-0.1, -0.05) is 24.3 Å². The summed E-state index contributed by atoms with van der Waals surface area (Å²) in [7, 11) is 0. The molecule has 0 unspecified atom stereocenters. The predicted octanol–water partition coefficient (Wildman–Crippen LogP) is 4.58. The normalized spacial score (nSPS) is 20.7. The summed E-state index contributed by atoms with van der Waals surface area (Å²) in [5, 5.41) is 15.2. The van der Waals surface area contributed by atoms with E-state index in [-0.39, 0.29) is 24.3 Å². The molecular weight excluding hydrogens is 499 g/mol. The predicted molar refractivity (Wildman–Crippen MR) is 144 cm³/mol. The summed E-state index contributed by atoms with van der Waals surface area (Å²) in [6.45, 7) is 7.71. The van der Waals surface area contributed by atoms with E-state index in [4.69, 9.17) is 4.74 Å². The standard InChI is InChI=1S/C30H35FN4O4/c1-5-33-27(36)19-8-6-18(7-9-19)20-10-11-21(25(31)16-20)14-23(17-32)34-28(37)26-22-12-13-24(15-22)35(26)29(38)39-30(2,3)4/h6-11,16,22-24,26H,5,12-15H2,1-4H3,(H,33,36)(H,34,37)/t22-,23-,24+,26-/m0/s1. The fourth-order valence-corrected chi connectivity index (χ4v) is 5.48. The van der Waals surface area contributed by atoms with Gasteiger partial charge < -0.3 is 15.4 Å². The number of nitrogens with zero attached hydrogens (tertiary/aromatic N) is 2. The van der Waals surface area contributed by atoms with E-state index in [1.54, 1.807) is 57.2 Å². The van der Waals surface area contributed by atoms with Crippen LogP contribution in [0.15, 0.2) is 42.5 Å². The number of benzene rings is 2. The van der Waals surface area contributed by atoms with Crippen molar-refractivity contribution >= 4 is 17.9 Å². The third-order valence-electron chi connectivity index (χ3n) is 7.23. The Hall–Kier alpha value is -3.93. The van der Waals surface area contributed by atoms with E-state index < -0.39 is 35.5 Å². The molecule has 0 aromatic heterocycles. The van der Waals surface area contributed by atoms with Crippen molar-refractivity contribution in [3.63, 3.8) is 0 Å². The Bertz CT molecular complexity index is 1280. The monoisotopic (exact) mass is 534 g/mol. The van der Waals surface area contributed by atoms with Crippen LogP contribution in [-0.4, -0.2) is 53.1 Å². The van der Waals surface area contributed by atoms with E-state index in [9.17, 15) is 19.6 Å². The van der Waals surface area contributed by atoms with E-state index in [0.29, 0.717) is 23.2 Å². The Morgan fingerprint density at radius 1 is 1.13 bits per heavy atom. The first-order valence-electron chi connectivity index (χ1n) is 13.4. The highest BCUT2D eigenvalue weighted by molar-refractivity contribution is 5.94. The van der Waals surface area contributed by atoms with Gasteiger partial charge in [-0.3, -0.25) is 14.5 Å². The van der Waals surface area contributed by atoms with Gasteiger partial charge in [0.25, 0.3) is 5.91 Å². The smallest absolute Gasteiger partial charge is 0.411 e. The number of rotatable bonds is 7. The van der Waals surface area contributed by atoms with E-state index in [1.807, 2.05) is 6.92 Å². The van der Waals surface area contributed by atoms with Crippen LogP contribution < -0.4 is 10.6 Å². The molecule has 4 rings (SSSR count). The second kappa shape index (κ2) is 11.4. The molecule has 2 N–H and O–H groups in total. The number of ether oxygens (including phenoxy) is 1. The molecule has 4 atom stereocenters. The number of amides is 3. The van der Waals surface area contributed by atoms with Crippen molar-refractivity contribution in [3.05, 3.63) is 59.4 Å². The molecule has 2 aromatic rings. The number of fused-ring (bicyclic) bond motifs is 2. The van der Waals surface area contributed by atoms with Gasteiger partial charge in [-0.05, 0) is 87.8 Å². The number of hydrogen-bond donors (Lipinski definition) is 2. The third kappa shape index (κ3) is 6.39. The summed E-state index contributed by atoms with van der Waals surface area (Å²) in [6.07, 6.45) is 1.84. The Labute approximate surface area is 228 Å². The summed E-state index contributed by atoms with van der Waals surface area (Å²) < 4.78 is 20.6. The fraction of sp³-hybridized carbons (Fsp3) is 0.467. The van der Waals surface area contributed by atoms with Crippen LogP contribution in [0, 0.1) is 23.1 Å². The maximum Gasteiger partial charge on any atom is 0.411 e. The molecule has 2 aromatic carbocycles. The van der Waals surface area contributed by atoms with E-state index in [2.05, 4.69) is 16.7 Å². The van der Waals surface area contributed by atoms with Crippen molar-refractivity contribution < 1.29 is 23.5 Å². The Kier molecular flexibility index (Phi) is 8.24. The average Bonchev–Trinajstić information content (AvgIpc) is 3.51. The summed E-state index contributed by atoms with van der Waals surface area (Å²) in [4.78, 5) is 39.7. The van der Waals surface area contributed by atoms with E-state index >= 15 is 4.39 Å². The van der Waals surface area contributed by atoms with Gasteiger partial charge in [0.1, 0.15) is 23.5 Å². The fourth-order valence-electron chi connectivity index (χ4n) is 5.48. The van der Waals surface area contributed by atoms with E-state index in [0.717, 1.165) is 24.8 Å². The molecule has 0 spiro atoms. The molecule has 9 heteroatoms. The molecule has 39 heavy (non-hydrogen) atoms. The van der Waals surface area contributed by atoms with Crippen LogP contribution in [-0.2, 0) is 16.0 Å². The van der Waals surface area contributed by atoms with Crippen LogP contribution in [0.5, 0.6) is 0 Å². The average molecular weight is 535 g/mol. The minimum absolute atomic E-state index is 0.0114. The van der Waals surface area contributed by atoms with Crippen LogP contribution in [0.1, 0.15) is 62.9 Å². The molecule has 206 valence electrons. The molecule has 2 fully saturated rings. The second-order valence-electron chi connectivity index (χ2n) is 11.2. The first-order valence-corrected chi connectivity index (χ1v) is 13.4. The van der Waals surface area contributed by atoms with Gasteiger partial charge in [-0.15, -0.1) is 0 Å². The molecule has 1 saturated carbocycles. The van der Waals surface area contributed by atoms with E-state index in [1.165, 1.54) is 11.0 Å². The second-order valence-corrected chi connectivity index (χ2v) is 11.2. The van der Waals surface area contributed by atoms with Gasteiger partial charge in [0.2, 0.25) is 5.91 Å². The van der Waals surface area contributed by atoms with Gasteiger partial charge in [0, 0.05) is 24.6 Å². The highest BCUT2D eigenvalue weighted by Gasteiger charge is 2.52. The molecule has 2 aliphatic rings. The Morgan fingerprint density at radius 2 is 1.82 bits per heavy atom. The van der Waals surface area contributed by atoms with Crippen molar-refractivity contribution in [2.75, 3.05) is 6.54 Å². The highest BCUT2D eigenvalue weighted by atomic mass is 19.1. The van der Waals surface area contributed by atoms with Crippen molar-refractivity contribution in [2.24, 2.45) is 5.92 Å². The van der Waals surface area contributed by atoms with Crippen LogP contribution >= 0.6 is 0 Å². The lowest BCUT2D eigenvalue weighted by Crippen LogP contribution is -2.55. The number of hydrogen-bond acceptors (Lipinski definition) is 5. The first kappa shape index (κ1) is 28.1. The molecule has 1 aliphatic carbocycles. The summed E-state index contributed by atoms with van der Waals surface area (Å²) in [6, 6.07) is 11.9. The minimum Gasteiger partial charge on any atom is -0.444 e. The van der Waals surface area contributed by atoms with Gasteiger partial charge in [0.15, 0.2) is 0 Å². The van der Waals surface area contributed by atoms with Gasteiger partial charge in [0.05, 0.1) is 6.07 Å². The van der Waals surface area contributed by atoms with Crippen molar-refractivity contribution in [1.29, 1.82) is 5.26 Å². The summed E-state index contributed by atoms with van der Waals surface area (Å²) in [5.74, 6) is -1.07. The number of carbonyl (C=O) groups is 3. The summed E-state index contributed by atoms with van der Waals surface area (Å²) in [5.41, 5.74) is 1.50. The number of piperidine rings is 1. The maximum absolute atomic E-state index is 15.1. The Balaban J connectivity index is 1.43. The molecule has 1 aliphatic heterocycles. The van der Waals surface area contributed by atoms with Crippen molar-refractivity contribution in [2.45, 2.75) is 77.1 Å². The summed E-state index contributed by atoms with van der Waals surface area (Å²) >= 11 is 0. The SMILES string of the molecule is CCNC(=O)c1ccc(-c2ccc(C[C@@H](C#N)NC(=O)[C@@H]3[C@H]4CC[C@H](C4)N3C(=O)OC(C)(C)C)c(F)c2)cc1. The zero-order chi connectivity index (χ0) is 28.3. The zero-order valence-electron chi connectivity index (χ0n) is 22.8. The van der Waals surface area contributed by atoms with Crippen molar-refractivity contribution in [1.82, 2.24) is 15.5 Å². The lowest BCUT2D eigenvalue weighted by Gasteiger charge is -2.35. The lowest BCUT2D eigenvalue weighted by atomic mass is 9.96. The molecule has 1 saturated heterocycles. The first-order chi connectivity index (χ1) is 18.5. The number of halogens is 1.